The molecule has 0 unspecified atom stereocenters. The van der Waals surface area contributed by atoms with Crippen molar-refractivity contribution in [3.05, 3.63) is 35.4 Å². The van der Waals surface area contributed by atoms with Gasteiger partial charge in [-0.25, -0.2) is 4.79 Å². The number of rotatable bonds is 7. The molecule has 0 radical (unpaired) electrons. The zero-order chi connectivity index (χ0) is 15.7. The first kappa shape index (κ1) is 17.0. The van der Waals surface area contributed by atoms with E-state index in [9.17, 15) is 9.59 Å². The summed E-state index contributed by atoms with van der Waals surface area (Å²) in [6, 6.07) is 7.18. The van der Waals surface area contributed by atoms with E-state index in [1.807, 2.05) is 26.0 Å². The van der Waals surface area contributed by atoms with E-state index in [2.05, 4.69) is 22.9 Å². The van der Waals surface area contributed by atoms with Crippen LogP contribution in [-0.4, -0.2) is 24.5 Å². The van der Waals surface area contributed by atoms with Gasteiger partial charge < -0.3 is 16.0 Å². The van der Waals surface area contributed by atoms with Crippen molar-refractivity contribution in [2.24, 2.45) is 0 Å². The minimum absolute atomic E-state index is 0.0551. The van der Waals surface area contributed by atoms with Gasteiger partial charge in [0.05, 0.1) is 0 Å². The molecular weight excluding hydrogens is 266 g/mol. The van der Waals surface area contributed by atoms with Gasteiger partial charge >= 0.3 is 6.03 Å². The van der Waals surface area contributed by atoms with Crippen LogP contribution in [0, 0.1) is 0 Å². The second kappa shape index (κ2) is 9.00. The molecule has 0 aliphatic heterocycles. The molecule has 0 bridgehead atoms. The molecule has 1 rings (SSSR count). The smallest absolute Gasteiger partial charge is 0.315 e. The van der Waals surface area contributed by atoms with Gasteiger partial charge in [-0.2, -0.15) is 0 Å². The molecule has 0 saturated carbocycles. The largest absolute Gasteiger partial charge is 0.352 e. The Kier molecular flexibility index (Phi) is 7.29. The number of carbonyl (C=O) groups is 2. The predicted molar refractivity (Wildman–Crippen MR) is 84.2 cm³/mol. The van der Waals surface area contributed by atoms with Crippen molar-refractivity contribution >= 4 is 11.9 Å². The van der Waals surface area contributed by atoms with E-state index in [4.69, 9.17) is 0 Å². The maximum Gasteiger partial charge on any atom is 0.315 e. The third-order valence-corrected chi connectivity index (χ3v) is 2.90. The molecule has 0 fully saturated rings. The maximum atomic E-state index is 11.8. The van der Waals surface area contributed by atoms with Crippen LogP contribution in [0.25, 0.3) is 0 Å². The normalized spacial score (nSPS) is 10.3. The fourth-order valence-electron chi connectivity index (χ4n) is 1.75. The topological polar surface area (TPSA) is 70.2 Å². The summed E-state index contributed by atoms with van der Waals surface area (Å²) in [5.74, 6) is -0.0551. The monoisotopic (exact) mass is 291 g/mol. The van der Waals surface area contributed by atoms with E-state index >= 15 is 0 Å². The number of hydrogen-bond donors (Lipinski definition) is 3. The summed E-state index contributed by atoms with van der Waals surface area (Å²) in [4.78, 5) is 23.3. The van der Waals surface area contributed by atoms with Crippen LogP contribution in [0.4, 0.5) is 4.79 Å². The van der Waals surface area contributed by atoms with Gasteiger partial charge in [-0.15, -0.1) is 0 Å². The molecule has 0 saturated heterocycles. The highest BCUT2D eigenvalue weighted by Gasteiger charge is 2.05. The van der Waals surface area contributed by atoms with Crippen LogP contribution in [0.15, 0.2) is 24.3 Å². The number of nitrogens with one attached hydrogen (secondary N) is 3. The SMILES string of the molecule is CCCCNC(=O)c1ccc(CNC(=O)NC(C)C)cc1. The fraction of sp³-hybridized carbons (Fsp3) is 0.500. The molecule has 21 heavy (non-hydrogen) atoms. The molecule has 0 spiro atoms. The number of unbranched alkanes of at least 4 members (excludes halogenated alkanes) is 1. The molecule has 3 amide bonds. The zero-order valence-electron chi connectivity index (χ0n) is 13.0. The molecule has 0 heterocycles. The molecular formula is C16H25N3O2. The summed E-state index contributed by atoms with van der Waals surface area (Å²) < 4.78 is 0. The molecule has 1 aromatic carbocycles. The highest BCUT2D eigenvalue weighted by molar-refractivity contribution is 5.94. The third-order valence-electron chi connectivity index (χ3n) is 2.90. The van der Waals surface area contributed by atoms with Crippen molar-refractivity contribution in [2.75, 3.05) is 6.54 Å². The maximum absolute atomic E-state index is 11.8. The molecule has 0 aromatic heterocycles. The summed E-state index contributed by atoms with van der Waals surface area (Å²) in [5.41, 5.74) is 1.60. The van der Waals surface area contributed by atoms with Crippen molar-refractivity contribution in [2.45, 2.75) is 46.2 Å². The quantitative estimate of drug-likeness (QED) is 0.675. The Morgan fingerprint density at radius 1 is 1.10 bits per heavy atom. The van der Waals surface area contributed by atoms with Gasteiger partial charge in [0.1, 0.15) is 0 Å². The number of carbonyl (C=O) groups excluding carboxylic acids is 2. The van der Waals surface area contributed by atoms with Crippen LogP contribution in [0.3, 0.4) is 0 Å². The second-order valence-electron chi connectivity index (χ2n) is 5.29. The van der Waals surface area contributed by atoms with Crippen molar-refractivity contribution in [3.8, 4) is 0 Å². The highest BCUT2D eigenvalue weighted by Crippen LogP contribution is 2.04. The van der Waals surface area contributed by atoms with E-state index < -0.39 is 0 Å². The van der Waals surface area contributed by atoms with E-state index in [1.54, 1.807) is 12.1 Å². The van der Waals surface area contributed by atoms with Crippen molar-refractivity contribution < 1.29 is 9.59 Å². The molecule has 5 nitrogen and oxygen atoms in total. The molecule has 5 heteroatoms. The first-order chi connectivity index (χ1) is 10.0. The zero-order valence-corrected chi connectivity index (χ0v) is 13.0. The first-order valence-electron chi connectivity index (χ1n) is 7.44. The third kappa shape index (κ3) is 6.79. The Labute approximate surface area is 126 Å². The Morgan fingerprint density at radius 3 is 2.33 bits per heavy atom. The van der Waals surface area contributed by atoms with E-state index in [0.717, 1.165) is 18.4 Å². The number of amides is 3. The van der Waals surface area contributed by atoms with Crippen LogP contribution in [0.2, 0.25) is 0 Å². The first-order valence-corrected chi connectivity index (χ1v) is 7.44. The lowest BCUT2D eigenvalue weighted by atomic mass is 10.1. The van der Waals surface area contributed by atoms with Gasteiger partial charge in [-0.3, -0.25) is 4.79 Å². The minimum Gasteiger partial charge on any atom is -0.352 e. The summed E-state index contributed by atoms with van der Waals surface area (Å²) in [6.07, 6.45) is 2.04. The summed E-state index contributed by atoms with van der Waals surface area (Å²) in [6.45, 7) is 7.05. The Hall–Kier alpha value is -2.04. The van der Waals surface area contributed by atoms with Gasteiger partial charge in [0.15, 0.2) is 0 Å². The lowest BCUT2D eigenvalue weighted by Crippen LogP contribution is -2.39. The number of urea groups is 1. The van der Waals surface area contributed by atoms with Crippen molar-refractivity contribution in [3.63, 3.8) is 0 Å². The molecule has 3 N–H and O–H groups in total. The van der Waals surface area contributed by atoms with Crippen LogP contribution < -0.4 is 16.0 Å². The van der Waals surface area contributed by atoms with Gasteiger partial charge in [0, 0.05) is 24.7 Å². The molecule has 0 atom stereocenters. The second-order valence-corrected chi connectivity index (χ2v) is 5.29. The summed E-state index contributed by atoms with van der Waals surface area (Å²) >= 11 is 0. The lowest BCUT2D eigenvalue weighted by Gasteiger charge is -2.10. The average molecular weight is 291 g/mol. The van der Waals surface area contributed by atoms with Crippen molar-refractivity contribution in [1.29, 1.82) is 0 Å². The van der Waals surface area contributed by atoms with Gasteiger partial charge in [0.25, 0.3) is 5.91 Å². The van der Waals surface area contributed by atoms with Crippen LogP contribution >= 0.6 is 0 Å². The van der Waals surface area contributed by atoms with E-state index in [0.29, 0.717) is 18.7 Å². The highest BCUT2D eigenvalue weighted by atomic mass is 16.2. The molecule has 116 valence electrons. The van der Waals surface area contributed by atoms with Gasteiger partial charge in [-0.1, -0.05) is 25.5 Å². The van der Waals surface area contributed by atoms with Crippen molar-refractivity contribution in [1.82, 2.24) is 16.0 Å². The molecule has 1 aromatic rings. The van der Waals surface area contributed by atoms with Crippen LogP contribution in [0.1, 0.15) is 49.5 Å². The van der Waals surface area contributed by atoms with Gasteiger partial charge in [0.2, 0.25) is 0 Å². The minimum atomic E-state index is -0.189. The Morgan fingerprint density at radius 2 is 1.76 bits per heavy atom. The lowest BCUT2D eigenvalue weighted by molar-refractivity contribution is 0.0953. The average Bonchev–Trinajstić information content (AvgIpc) is 2.45. The number of benzene rings is 1. The Bertz CT molecular complexity index is 455. The number of hydrogen-bond acceptors (Lipinski definition) is 2. The summed E-state index contributed by atoms with van der Waals surface area (Å²) in [5, 5.41) is 8.40. The predicted octanol–water partition coefficient (Wildman–Crippen LogP) is 2.42. The summed E-state index contributed by atoms with van der Waals surface area (Å²) in [7, 11) is 0. The van der Waals surface area contributed by atoms with Crippen LogP contribution in [-0.2, 0) is 6.54 Å². The Balaban J connectivity index is 2.43. The van der Waals surface area contributed by atoms with Crippen LogP contribution in [0.5, 0.6) is 0 Å². The molecule has 0 aliphatic rings. The standard InChI is InChI=1S/C16H25N3O2/c1-4-5-10-17-15(20)14-8-6-13(7-9-14)11-18-16(21)19-12(2)3/h6-9,12H,4-5,10-11H2,1-3H3,(H,17,20)(H2,18,19,21). The van der Waals surface area contributed by atoms with E-state index in [1.165, 1.54) is 0 Å². The van der Waals surface area contributed by atoms with Gasteiger partial charge in [-0.05, 0) is 38.0 Å². The fourth-order valence-corrected chi connectivity index (χ4v) is 1.75. The molecule has 0 aliphatic carbocycles. The van der Waals surface area contributed by atoms with E-state index in [-0.39, 0.29) is 18.0 Å².